The van der Waals surface area contributed by atoms with Crippen molar-refractivity contribution in [2.45, 2.75) is 33.2 Å². The molecule has 0 saturated heterocycles. The fourth-order valence-electron chi connectivity index (χ4n) is 3.55. The number of aryl methyl sites for hydroxylation is 2. The van der Waals surface area contributed by atoms with Crippen LogP contribution in [0.15, 0.2) is 46.0 Å². The monoisotopic (exact) mass is 456 g/mol. The first kappa shape index (κ1) is 23.5. The largest absolute Gasteiger partial charge is 0.385 e. The van der Waals surface area contributed by atoms with E-state index in [1.54, 1.807) is 7.11 Å². The number of nitrogen functional groups attached to an aromatic ring is 1. The summed E-state index contributed by atoms with van der Waals surface area (Å²) in [6, 6.07) is 11.1. The first-order valence-electron chi connectivity index (χ1n) is 10.4. The van der Waals surface area contributed by atoms with Crippen molar-refractivity contribution in [3.63, 3.8) is 0 Å². The third-order valence-electron chi connectivity index (χ3n) is 5.20. The van der Waals surface area contributed by atoms with Crippen molar-refractivity contribution in [2.24, 2.45) is 0 Å². The quantitative estimate of drug-likeness (QED) is 0.481. The molecule has 0 aliphatic carbocycles. The SMILES string of the molecule is CCc1sc(C(=O)N(CCCOC)c2c(N)n(Cc3ccccc3)c(=O)[nH]c2=O)cc1C. The molecule has 0 bridgehead atoms. The summed E-state index contributed by atoms with van der Waals surface area (Å²) < 4.78 is 6.41. The van der Waals surface area contributed by atoms with Gasteiger partial charge in [-0.3, -0.25) is 24.0 Å². The number of aromatic nitrogens is 2. The predicted molar refractivity (Wildman–Crippen MR) is 128 cm³/mol. The summed E-state index contributed by atoms with van der Waals surface area (Å²) in [5.74, 6) is -0.367. The smallest absolute Gasteiger partial charge is 0.330 e. The van der Waals surface area contributed by atoms with Gasteiger partial charge in [0.25, 0.3) is 11.5 Å². The summed E-state index contributed by atoms with van der Waals surface area (Å²) >= 11 is 1.41. The number of rotatable bonds is 9. The summed E-state index contributed by atoms with van der Waals surface area (Å²) in [5, 5.41) is 0. The Bertz CT molecular complexity index is 1200. The molecule has 3 aromatic rings. The molecule has 0 radical (unpaired) electrons. The van der Waals surface area contributed by atoms with Crippen LogP contribution in [-0.2, 0) is 17.7 Å². The molecule has 32 heavy (non-hydrogen) atoms. The molecule has 0 saturated carbocycles. The number of ether oxygens (including phenoxy) is 1. The minimum absolute atomic E-state index is 0.0225. The molecule has 2 aromatic heterocycles. The third-order valence-corrected chi connectivity index (χ3v) is 6.56. The van der Waals surface area contributed by atoms with Crippen LogP contribution in [0.3, 0.4) is 0 Å². The lowest BCUT2D eigenvalue weighted by Gasteiger charge is -2.24. The Labute approximate surface area is 190 Å². The number of benzene rings is 1. The average Bonchev–Trinajstić information content (AvgIpc) is 3.16. The van der Waals surface area contributed by atoms with Crippen molar-refractivity contribution in [2.75, 3.05) is 30.9 Å². The van der Waals surface area contributed by atoms with Gasteiger partial charge < -0.3 is 10.5 Å². The summed E-state index contributed by atoms with van der Waals surface area (Å²) in [7, 11) is 1.57. The minimum Gasteiger partial charge on any atom is -0.385 e. The van der Waals surface area contributed by atoms with Crippen molar-refractivity contribution in [1.82, 2.24) is 9.55 Å². The van der Waals surface area contributed by atoms with Crippen LogP contribution in [-0.4, -0.2) is 35.7 Å². The molecule has 0 spiro atoms. The van der Waals surface area contributed by atoms with E-state index in [1.165, 1.54) is 20.8 Å². The maximum atomic E-state index is 13.5. The number of nitrogens with zero attached hydrogens (tertiary/aromatic N) is 2. The Balaban J connectivity index is 2.08. The van der Waals surface area contributed by atoms with Crippen molar-refractivity contribution >= 4 is 28.7 Å². The van der Waals surface area contributed by atoms with Crippen LogP contribution in [0, 0.1) is 6.92 Å². The number of carbonyl (C=O) groups excluding carboxylic acids is 1. The molecule has 3 rings (SSSR count). The van der Waals surface area contributed by atoms with E-state index in [0.29, 0.717) is 17.9 Å². The first-order valence-corrected chi connectivity index (χ1v) is 11.3. The number of nitrogens with one attached hydrogen (secondary N) is 1. The molecule has 3 N–H and O–H groups in total. The van der Waals surface area contributed by atoms with Crippen molar-refractivity contribution in [1.29, 1.82) is 0 Å². The highest BCUT2D eigenvalue weighted by Gasteiger charge is 2.26. The predicted octanol–water partition coefficient (Wildman–Crippen LogP) is 2.78. The molecule has 0 atom stereocenters. The summed E-state index contributed by atoms with van der Waals surface area (Å²) in [5.41, 5.74) is 6.89. The minimum atomic E-state index is -0.688. The molecule has 0 aliphatic heterocycles. The number of hydrogen-bond acceptors (Lipinski definition) is 6. The van der Waals surface area contributed by atoms with E-state index in [2.05, 4.69) is 4.98 Å². The van der Waals surface area contributed by atoms with Gasteiger partial charge in [-0.2, -0.15) is 0 Å². The second kappa shape index (κ2) is 10.4. The number of nitrogens with two attached hydrogens (primary N) is 1. The zero-order valence-electron chi connectivity index (χ0n) is 18.5. The van der Waals surface area contributed by atoms with Crippen molar-refractivity contribution in [3.8, 4) is 0 Å². The average molecular weight is 457 g/mol. The zero-order valence-corrected chi connectivity index (χ0v) is 19.3. The normalized spacial score (nSPS) is 11.0. The van der Waals surface area contributed by atoms with Crippen LogP contribution in [0.25, 0.3) is 0 Å². The van der Waals surface area contributed by atoms with E-state index in [9.17, 15) is 14.4 Å². The number of carbonyl (C=O) groups is 1. The second-order valence-electron chi connectivity index (χ2n) is 7.44. The van der Waals surface area contributed by atoms with Crippen LogP contribution in [0.1, 0.15) is 39.0 Å². The molecule has 170 valence electrons. The Kier molecular flexibility index (Phi) is 7.66. The molecule has 0 fully saturated rings. The van der Waals surface area contributed by atoms with Crippen molar-refractivity contribution < 1.29 is 9.53 Å². The van der Waals surface area contributed by atoms with Crippen LogP contribution in [0.2, 0.25) is 0 Å². The van der Waals surface area contributed by atoms with E-state index in [-0.39, 0.29) is 30.5 Å². The van der Waals surface area contributed by atoms with Gasteiger partial charge in [0, 0.05) is 25.1 Å². The summed E-state index contributed by atoms with van der Waals surface area (Å²) in [6.45, 7) is 4.80. The van der Waals surface area contributed by atoms with E-state index in [1.807, 2.05) is 50.2 Å². The van der Waals surface area contributed by atoms with E-state index in [4.69, 9.17) is 10.5 Å². The Morgan fingerprint density at radius 3 is 2.59 bits per heavy atom. The van der Waals surface area contributed by atoms with Gasteiger partial charge in [-0.05, 0) is 37.0 Å². The van der Waals surface area contributed by atoms with Crippen LogP contribution in [0.5, 0.6) is 0 Å². The number of H-pyrrole nitrogens is 1. The molecule has 8 nitrogen and oxygen atoms in total. The van der Waals surface area contributed by atoms with E-state index in [0.717, 1.165) is 22.4 Å². The molecule has 1 amide bonds. The number of anilines is 2. The van der Waals surface area contributed by atoms with E-state index >= 15 is 0 Å². The van der Waals surface area contributed by atoms with Crippen LogP contribution < -0.4 is 21.9 Å². The van der Waals surface area contributed by atoms with Crippen LogP contribution in [0.4, 0.5) is 11.5 Å². The molecule has 1 aromatic carbocycles. The molecule has 0 unspecified atom stereocenters. The number of amides is 1. The number of methoxy groups -OCH3 is 1. The Morgan fingerprint density at radius 1 is 1.25 bits per heavy atom. The first-order chi connectivity index (χ1) is 15.4. The third kappa shape index (κ3) is 5.00. The Hall–Kier alpha value is -3.17. The highest BCUT2D eigenvalue weighted by molar-refractivity contribution is 7.14. The lowest BCUT2D eigenvalue weighted by molar-refractivity contribution is 0.0987. The topological polar surface area (TPSA) is 110 Å². The van der Waals surface area contributed by atoms with Gasteiger partial charge in [0.1, 0.15) is 5.82 Å². The van der Waals surface area contributed by atoms with Gasteiger partial charge in [0.05, 0.1) is 11.4 Å². The van der Waals surface area contributed by atoms with Crippen LogP contribution >= 0.6 is 11.3 Å². The summed E-state index contributed by atoms with van der Waals surface area (Å²) in [6.07, 6.45) is 1.32. The standard InChI is InChI=1S/C23H28N4O4S/c1-4-17-15(2)13-18(32-17)22(29)26(11-8-12-31-3)19-20(24)27(23(30)25-21(19)28)14-16-9-6-5-7-10-16/h5-7,9-10,13H,4,8,11-12,14,24H2,1-3H3,(H,25,28,30). The molecular weight excluding hydrogens is 428 g/mol. The van der Waals surface area contributed by atoms with Gasteiger partial charge in [-0.1, -0.05) is 37.3 Å². The second-order valence-corrected chi connectivity index (χ2v) is 8.58. The van der Waals surface area contributed by atoms with Gasteiger partial charge >= 0.3 is 5.69 Å². The zero-order chi connectivity index (χ0) is 23.3. The number of thiophene rings is 1. The molecular formula is C23H28N4O4S. The van der Waals surface area contributed by atoms with E-state index < -0.39 is 11.2 Å². The van der Waals surface area contributed by atoms with Gasteiger partial charge in [0.2, 0.25) is 0 Å². The van der Waals surface area contributed by atoms with Crippen molar-refractivity contribution in [3.05, 3.63) is 78.1 Å². The molecule has 0 aliphatic rings. The Morgan fingerprint density at radius 2 is 1.97 bits per heavy atom. The number of hydrogen-bond donors (Lipinski definition) is 2. The highest BCUT2D eigenvalue weighted by atomic mass is 32.1. The lowest BCUT2D eigenvalue weighted by Crippen LogP contribution is -2.41. The van der Waals surface area contributed by atoms with Gasteiger partial charge in [-0.25, -0.2) is 4.79 Å². The highest BCUT2D eigenvalue weighted by Crippen LogP contribution is 2.27. The lowest BCUT2D eigenvalue weighted by atomic mass is 10.2. The molecule has 2 heterocycles. The number of aromatic amines is 1. The fourth-order valence-corrected chi connectivity index (χ4v) is 4.62. The molecule has 9 heteroatoms. The fraction of sp³-hybridized carbons (Fsp3) is 0.348. The summed E-state index contributed by atoms with van der Waals surface area (Å²) in [4.78, 5) is 44.2. The maximum Gasteiger partial charge on any atom is 0.330 e. The maximum absolute atomic E-state index is 13.5. The van der Waals surface area contributed by atoms with Gasteiger partial charge in [0.15, 0.2) is 5.69 Å². The van der Waals surface area contributed by atoms with Gasteiger partial charge in [-0.15, -0.1) is 11.3 Å².